The third-order valence-electron chi connectivity index (χ3n) is 0. The second kappa shape index (κ2) is 19.2. The van der Waals surface area contributed by atoms with Crippen molar-refractivity contribution in [2.24, 2.45) is 0 Å². The molecule has 0 aromatic heterocycles. The second-order valence-electron chi connectivity index (χ2n) is 0. The van der Waals surface area contributed by atoms with Crippen molar-refractivity contribution >= 4 is 34.1 Å². The molecule has 0 amide bonds. The minimum Gasteiger partial charge on any atom is -2.00 e. The van der Waals surface area contributed by atoms with Crippen molar-refractivity contribution in [3.63, 3.8) is 0 Å². The maximum Gasteiger partial charge on any atom is 2.00 e. The van der Waals surface area contributed by atoms with Crippen LogP contribution in [0.25, 0.3) is 0 Å². The first-order chi connectivity index (χ1) is 0. The molecule has 0 nitrogen and oxygen atoms in total. The van der Waals surface area contributed by atoms with Gasteiger partial charge in [-0.1, -0.05) is 0 Å². The quantitative estimate of drug-likeness (QED) is 0.512. The summed E-state index contributed by atoms with van der Waals surface area (Å²) in [6, 6.07) is 0. The fourth-order valence-corrected chi connectivity index (χ4v) is 0. The van der Waals surface area contributed by atoms with Crippen LogP contribution in [0.2, 0.25) is 0 Å². The van der Waals surface area contributed by atoms with Crippen LogP contribution in [0.1, 0.15) is 0 Å². The monoisotopic (exact) mass is 282 g/mol. The predicted molar refractivity (Wildman–Crippen MR) is 11.5 cm³/mol. The number of hydrogen-bond acceptors (Lipinski definition) is 0. The molecule has 0 N–H and O–H groups in total. The third kappa shape index (κ3) is 8.91. The molecule has 0 heterocycles. The fraction of sp³-hybridized carbons (Fsp3) is 0. The summed E-state index contributed by atoms with van der Waals surface area (Å²) in [4.78, 5) is 0. The van der Waals surface area contributed by atoms with Crippen molar-refractivity contribution in [1.82, 2.24) is 0 Å². The van der Waals surface area contributed by atoms with E-state index in [1.54, 1.807) is 0 Å². The van der Waals surface area contributed by atoms with Gasteiger partial charge in [0.2, 0.25) is 0 Å². The Morgan fingerprint density at radius 3 is 0.750 bits per heavy atom. The molecule has 24 valence electrons. The van der Waals surface area contributed by atoms with E-state index >= 15 is 0 Å². The Balaban J connectivity index is 0. The summed E-state index contributed by atoms with van der Waals surface area (Å²) in [6.45, 7) is 0. The fourth-order valence-electron chi connectivity index (χ4n) is 0. The Morgan fingerprint density at radius 1 is 0.750 bits per heavy atom. The van der Waals surface area contributed by atoms with Gasteiger partial charge in [-0.05, 0) is 0 Å². The topological polar surface area (TPSA) is 0 Å². The van der Waals surface area contributed by atoms with Gasteiger partial charge >= 0.3 is 36.0 Å². The van der Waals surface area contributed by atoms with Gasteiger partial charge in [0.15, 0.2) is 0 Å². The molecule has 0 fully saturated rings. The molecule has 4 heavy (non-hydrogen) atoms. The van der Waals surface area contributed by atoms with E-state index in [0.29, 0.717) is 0 Å². The van der Waals surface area contributed by atoms with Crippen molar-refractivity contribution in [3.8, 4) is 0 Å². The van der Waals surface area contributed by atoms with Gasteiger partial charge in [-0.25, -0.2) is 0 Å². The van der Waals surface area contributed by atoms with Crippen LogP contribution in [0.5, 0.6) is 0 Å². The molecule has 0 spiro atoms. The zero-order valence-corrected chi connectivity index (χ0v) is 9.22. The molecule has 0 aromatic carbocycles. The Kier molecular flexibility index (Phi) is 169. The van der Waals surface area contributed by atoms with Crippen LogP contribution in [0.15, 0.2) is 0 Å². The minimum atomic E-state index is 0. The van der Waals surface area contributed by atoms with Crippen LogP contribution in [0.4, 0.5) is 0 Å². The third-order valence-corrected chi connectivity index (χ3v) is 0. The molecule has 0 aromatic rings. The molecule has 0 aliphatic heterocycles. The van der Waals surface area contributed by atoms with E-state index < -0.39 is 0 Å². The van der Waals surface area contributed by atoms with Gasteiger partial charge in [-0.15, -0.1) is 0 Å². The van der Waals surface area contributed by atoms with Crippen LogP contribution in [-0.4, -0.2) is 34.1 Å². The van der Waals surface area contributed by atoms with Crippen LogP contribution in [-0.2, 0) is 36.0 Å². The largest absolute Gasteiger partial charge is 2.00 e. The average Bonchev–Trinajstić information content (AvgIpc) is 0. The maximum atomic E-state index is 0. The molecule has 0 saturated heterocycles. The zero-order valence-electron chi connectivity index (χ0n) is 1.84. The molecule has 0 aliphatic carbocycles. The van der Waals surface area contributed by atoms with Crippen molar-refractivity contribution in [3.05, 3.63) is 0 Å². The molecule has 0 rings (SSSR count). The van der Waals surface area contributed by atoms with Gasteiger partial charge in [0.25, 0.3) is 0 Å². The maximum absolute atomic E-state index is 0. The van der Waals surface area contributed by atoms with Gasteiger partial charge < -0.3 is 34.1 Å². The predicted octanol–water partition coefficient (Wildman–Crippen LogP) is -0.767. The normalized spacial score (nSPS) is 0. The van der Waals surface area contributed by atoms with Crippen LogP contribution in [0.3, 0.4) is 0 Å². The summed E-state index contributed by atoms with van der Waals surface area (Å²) in [5.41, 5.74) is 0. The Bertz CT molecular complexity index is 6.00. The van der Waals surface area contributed by atoms with Gasteiger partial charge in [0, 0.05) is 0 Å². The van der Waals surface area contributed by atoms with E-state index in [9.17, 15) is 0 Å². The Hall–Kier alpha value is 2.16. The zero-order chi connectivity index (χ0) is 0. The molecule has 4 heteroatoms. The molecule has 0 saturated carbocycles. The first-order valence-electron chi connectivity index (χ1n) is 0. The smallest absolute Gasteiger partial charge is 2.00 e. The van der Waals surface area contributed by atoms with Crippen molar-refractivity contribution in [2.45, 2.75) is 0 Å². The average molecular weight is 282 g/mol. The number of rotatable bonds is 0. The van der Waals surface area contributed by atoms with E-state index in [1.807, 2.05) is 0 Å². The van der Waals surface area contributed by atoms with Gasteiger partial charge in [0.1, 0.15) is 0 Å². The molecule has 0 atom stereocenters. The molecule has 0 unspecified atom stereocenters. The van der Waals surface area contributed by atoms with Gasteiger partial charge in [-0.2, -0.15) is 0 Å². The van der Waals surface area contributed by atoms with Gasteiger partial charge in [-0.3, -0.25) is 0 Å². The van der Waals surface area contributed by atoms with Crippen molar-refractivity contribution < 1.29 is 36.0 Å². The minimum absolute atomic E-state index is 0. The van der Waals surface area contributed by atoms with E-state index in [4.69, 9.17) is 0 Å². The Morgan fingerprint density at radius 2 is 0.750 bits per heavy atom. The number of hydrogen-bond donors (Lipinski definition) is 0. The van der Waals surface area contributed by atoms with E-state index in [2.05, 4.69) is 0 Å². The van der Waals surface area contributed by atoms with E-state index in [-0.39, 0.29) is 70.1 Å². The Labute approximate surface area is 69.5 Å². The van der Waals surface area contributed by atoms with Crippen LogP contribution < -0.4 is 0 Å². The summed E-state index contributed by atoms with van der Waals surface area (Å²) in [6.07, 6.45) is 0. The van der Waals surface area contributed by atoms with E-state index in [1.165, 1.54) is 0 Å². The first kappa shape index (κ1) is 35.2. The SMILES string of the molecule is [Ni+2].[Se-2].[Se-2].[Zn+2]. The van der Waals surface area contributed by atoms with Crippen LogP contribution in [0, 0.1) is 0 Å². The molecule has 0 bridgehead atoms. The van der Waals surface area contributed by atoms with E-state index in [0.717, 1.165) is 0 Å². The molecule has 0 aliphatic rings. The summed E-state index contributed by atoms with van der Waals surface area (Å²) in [5, 5.41) is 0. The summed E-state index contributed by atoms with van der Waals surface area (Å²) < 4.78 is 0. The summed E-state index contributed by atoms with van der Waals surface area (Å²) in [5.74, 6) is 0. The molecular formula is NiSe2Zn. The van der Waals surface area contributed by atoms with Crippen molar-refractivity contribution in [1.29, 1.82) is 0 Å². The standard InChI is InChI=1S/Ni.2Se.Zn/q+2;2*-2;+2. The molecule has 0 radical (unpaired) electrons. The second-order valence-corrected chi connectivity index (χ2v) is 0. The van der Waals surface area contributed by atoms with Crippen molar-refractivity contribution in [2.75, 3.05) is 0 Å². The first-order valence-corrected chi connectivity index (χ1v) is 0. The summed E-state index contributed by atoms with van der Waals surface area (Å²) >= 11 is 0. The van der Waals surface area contributed by atoms with Crippen LogP contribution >= 0.6 is 0 Å². The summed E-state index contributed by atoms with van der Waals surface area (Å²) in [7, 11) is 0. The molecular weight excluding hydrogens is 282 g/mol. The van der Waals surface area contributed by atoms with Gasteiger partial charge in [0.05, 0.1) is 0 Å².